The van der Waals surface area contributed by atoms with Gasteiger partial charge < -0.3 is 10.3 Å². The number of H-pyrrole nitrogens is 1. The third-order valence-corrected chi connectivity index (χ3v) is 5.27. The molecule has 0 aliphatic heterocycles. The molecule has 1 aliphatic carbocycles. The van der Waals surface area contributed by atoms with Crippen LogP contribution in [0, 0.1) is 0 Å². The van der Waals surface area contributed by atoms with Gasteiger partial charge in [0.25, 0.3) is 0 Å². The molecule has 3 aromatic heterocycles. The molecule has 0 atom stereocenters. The molecule has 0 saturated heterocycles. The van der Waals surface area contributed by atoms with Gasteiger partial charge in [0.15, 0.2) is 5.82 Å². The number of aromatic nitrogens is 4. The van der Waals surface area contributed by atoms with Gasteiger partial charge in [0.05, 0.1) is 17.4 Å². The van der Waals surface area contributed by atoms with Crippen LogP contribution < -0.4 is 5.32 Å². The van der Waals surface area contributed by atoms with Gasteiger partial charge in [0.2, 0.25) is 0 Å². The van der Waals surface area contributed by atoms with Crippen molar-refractivity contribution in [3.63, 3.8) is 0 Å². The van der Waals surface area contributed by atoms with Crippen molar-refractivity contribution in [2.45, 2.75) is 38.0 Å². The first kappa shape index (κ1) is 15.3. The monoisotopic (exact) mass is 343 g/mol. The summed E-state index contributed by atoms with van der Waals surface area (Å²) in [5.41, 5.74) is 3.86. The second kappa shape index (κ2) is 6.41. The summed E-state index contributed by atoms with van der Waals surface area (Å²) >= 11 is 0. The summed E-state index contributed by atoms with van der Waals surface area (Å²) in [7, 11) is 0. The Bertz CT molecular complexity index is 1050. The molecule has 5 heteroatoms. The molecule has 0 unspecified atom stereocenters. The number of benzene rings is 1. The number of rotatable bonds is 3. The van der Waals surface area contributed by atoms with Crippen LogP contribution in [0.25, 0.3) is 21.9 Å². The van der Waals surface area contributed by atoms with E-state index in [1.807, 2.05) is 30.3 Å². The zero-order valence-corrected chi connectivity index (χ0v) is 14.6. The smallest absolute Gasteiger partial charge is 0.157 e. The van der Waals surface area contributed by atoms with Crippen molar-refractivity contribution in [1.29, 1.82) is 0 Å². The van der Waals surface area contributed by atoms with Crippen LogP contribution in [0.15, 0.2) is 48.8 Å². The predicted octanol–water partition coefficient (Wildman–Crippen LogP) is 5.30. The van der Waals surface area contributed by atoms with Crippen molar-refractivity contribution in [2.75, 3.05) is 5.32 Å². The molecule has 2 N–H and O–H groups in total. The quantitative estimate of drug-likeness (QED) is 0.530. The van der Waals surface area contributed by atoms with Gasteiger partial charge in [-0.2, -0.15) is 0 Å². The van der Waals surface area contributed by atoms with Crippen LogP contribution >= 0.6 is 0 Å². The third kappa shape index (κ3) is 2.69. The molecule has 1 aromatic carbocycles. The molecular weight excluding hydrogens is 322 g/mol. The second-order valence-corrected chi connectivity index (χ2v) is 7.02. The highest BCUT2D eigenvalue weighted by Gasteiger charge is 2.21. The Hall–Kier alpha value is -2.95. The standard InChI is InChI=1S/C21H21N5/c1-2-7-14(8-3-1)20-25-18-16-10-4-5-11-17(16)24-21(19(18)26-20)23-15-9-6-12-22-13-15/h4-6,9-14H,1-3,7-8H2,(H,23,24)(H,25,26). The zero-order valence-electron chi connectivity index (χ0n) is 14.6. The Morgan fingerprint density at radius 2 is 1.85 bits per heavy atom. The van der Waals surface area contributed by atoms with Crippen LogP contribution in [0.2, 0.25) is 0 Å². The Morgan fingerprint density at radius 3 is 2.69 bits per heavy atom. The fourth-order valence-corrected chi connectivity index (χ4v) is 3.94. The molecule has 0 spiro atoms. The molecule has 130 valence electrons. The van der Waals surface area contributed by atoms with Gasteiger partial charge in [-0.1, -0.05) is 37.5 Å². The maximum Gasteiger partial charge on any atom is 0.157 e. The Kier molecular flexibility index (Phi) is 3.77. The Morgan fingerprint density at radius 1 is 0.962 bits per heavy atom. The minimum Gasteiger partial charge on any atom is -0.339 e. The number of hydrogen-bond donors (Lipinski definition) is 2. The highest BCUT2D eigenvalue weighted by atomic mass is 15.0. The first-order chi connectivity index (χ1) is 12.9. The molecule has 26 heavy (non-hydrogen) atoms. The molecule has 0 bridgehead atoms. The van der Waals surface area contributed by atoms with Crippen LogP contribution in [0.1, 0.15) is 43.8 Å². The van der Waals surface area contributed by atoms with E-state index in [0.717, 1.165) is 39.3 Å². The molecule has 5 rings (SSSR count). The fraction of sp³-hybridized carbons (Fsp3) is 0.286. The predicted molar refractivity (Wildman–Crippen MR) is 105 cm³/mol. The highest BCUT2D eigenvalue weighted by Crippen LogP contribution is 2.35. The topological polar surface area (TPSA) is 66.5 Å². The summed E-state index contributed by atoms with van der Waals surface area (Å²) in [5.74, 6) is 2.44. The van der Waals surface area contributed by atoms with Crippen molar-refractivity contribution < 1.29 is 0 Å². The summed E-state index contributed by atoms with van der Waals surface area (Å²) in [6.07, 6.45) is 9.94. The van der Waals surface area contributed by atoms with Gasteiger partial charge in [-0.3, -0.25) is 4.98 Å². The molecule has 5 nitrogen and oxygen atoms in total. The number of para-hydroxylation sites is 1. The fourth-order valence-electron chi connectivity index (χ4n) is 3.94. The molecule has 3 heterocycles. The minimum absolute atomic E-state index is 0.529. The van der Waals surface area contributed by atoms with E-state index in [2.05, 4.69) is 21.4 Å². The van der Waals surface area contributed by atoms with Gasteiger partial charge in [-0.15, -0.1) is 0 Å². The van der Waals surface area contributed by atoms with E-state index in [0.29, 0.717) is 5.92 Å². The SMILES string of the molecule is c1cncc(Nc2nc3ccccc3c3nc(C4CCCCC4)[nH]c23)c1. The van der Waals surface area contributed by atoms with Gasteiger partial charge >= 0.3 is 0 Å². The summed E-state index contributed by atoms with van der Waals surface area (Å²) < 4.78 is 0. The van der Waals surface area contributed by atoms with E-state index >= 15 is 0 Å². The number of pyridine rings is 2. The summed E-state index contributed by atoms with van der Waals surface area (Å²) in [6, 6.07) is 12.1. The van der Waals surface area contributed by atoms with Crippen LogP contribution in [-0.2, 0) is 0 Å². The number of fused-ring (bicyclic) bond motifs is 3. The summed E-state index contributed by atoms with van der Waals surface area (Å²) in [6.45, 7) is 0. The molecular formula is C21H21N5. The molecule has 1 saturated carbocycles. The van der Waals surface area contributed by atoms with E-state index in [1.165, 1.54) is 32.1 Å². The number of hydrogen-bond acceptors (Lipinski definition) is 4. The van der Waals surface area contributed by atoms with Gasteiger partial charge in [0, 0.05) is 17.5 Å². The third-order valence-electron chi connectivity index (χ3n) is 5.27. The summed E-state index contributed by atoms with van der Waals surface area (Å²) in [4.78, 5) is 17.6. The zero-order chi connectivity index (χ0) is 17.3. The van der Waals surface area contributed by atoms with Crippen LogP contribution in [0.5, 0.6) is 0 Å². The number of aromatic amines is 1. The second-order valence-electron chi connectivity index (χ2n) is 7.02. The van der Waals surface area contributed by atoms with Crippen molar-refractivity contribution in [1.82, 2.24) is 19.9 Å². The van der Waals surface area contributed by atoms with Crippen molar-refractivity contribution in [3.05, 3.63) is 54.6 Å². The molecule has 0 radical (unpaired) electrons. The van der Waals surface area contributed by atoms with E-state index in [9.17, 15) is 0 Å². The average molecular weight is 343 g/mol. The Balaban J connectivity index is 1.67. The van der Waals surface area contributed by atoms with Gasteiger partial charge in [-0.05, 0) is 31.0 Å². The Labute approximate surface area is 151 Å². The maximum atomic E-state index is 5.02. The molecule has 4 aromatic rings. The van der Waals surface area contributed by atoms with E-state index in [-0.39, 0.29) is 0 Å². The lowest BCUT2D eigenvalue weighted by atomic mass is 9.89. The van der Waals surface area contributed by atoms with Crippen LogP contribution in [-0.4, -0.2) is 19.9 Å². The summed E-state index contributed by atoms with van der Waals surface area (Å²) in [5, 5.41) is 4.51. The van der Waals surface area contributed by atoms with Crippen molar-refractivity contribution in [3.8, 4) is 0 Å². The van der Waals surface area contributed by atoms with Crippen LogP contribution in [0.4, 0.5) is 11.5 Å². The number of nitrogens with zero attached hydrogens (tertiary/aromatic N) is 3. The van der Waals surface area contributed by atoms with Crippen LogP contribution in [0.3, 0.4) is 0 Å². The van der Waals surface area contributed by atoms with E-state index < -0.39 is 0 Å². The lowest BCUT2D eigenvalue weighted by molar-refractivity contribution is 0.431. The lowest BCUT2D eigenvalue weighted by Crippen LogP contribution is -2.06. The van der Waals surface area contributed by atoms with E-state index in [1.54, 1.807) is 12.4 Å². The number of imidazole rings is 1. The number of anilines is 2. The van der Waals surface area contributed by atoms with Crippen molar-refractivity contribution in [2.24, 2.45) is 0 Å². The first-order valence-electron chi connectivity index (χ1n) is 9.34. The average Bonchev–Trinajstić information content (AvgIpc) is 3.16. The maximum absolute atomic E-state index is 5.02. The normalized spacial score (nSPS) is 15.5. The lowest BCUT2D eigenvalue weighted by Gasteiger charge is -2.19. The van der Waals surface area contributed by atoms with Gasteiger partial charge in [-0.25, -0.2) is 9.97 Å². The first-order valence-corrected chi connectivity index (χ1v) is 9.34. The van der Waals surface area contributed by atoms with Gasteiger partial charge in [0.1, 0.15) is 16.9 Å². The van der Waals surface area contributed by atoms with E-state index in [4.69, 9.17) is 9.97 Å². The molecule has 0 amide bonds. The van der Waals surface area contributed by atoms with Crippen molar-refractivity contribution >= 4 is 33.4 Å². The largest absolute Gasteiger partial charge is 0.339 e. The number of nitrogens with one attached hydrogen (secondary N) is 2. The molecule has 1 aliphatic rings. The molecule has 1 fully saturated rings. The minimum atomic E-state index is 0.529. The highest BCUT2D eigenvalue weighted by molar-refractivity contribution is 6.07.